The van der Waals surface area contributed by atoms with Gasteiger partial charge >= 0.3 is 0 Å². The van der Waals surface area contributed by atoms with Crippen LogP contribution in [0.5, 0.6) is 0 Å². The van der Waals surface area contributed by atoms with Crippen molar-refractivity contribution in [1.29, 1.82) is 0 Å². The van der Waals surface area contributed by atoms with Crippen molar-refractivity contribution in [3.05, 3.63) is 33.3 Å². The van der Waals surface area contributed by atoms with E-state index in [1.54, 1.807) is 0 Å². The summed E-state index contributed by atoms with van der Waals surface area (Å²) in [5.41, 5.74) is 9.61. The maximum atomic E-state index is 6.03. The van der Waals surface area contributed by atoms with Gasteiger partial charge in [0, 0.05) is 11.1 Å². The molecular formula is C12H18BrNO. The summed E-state index contributed by atoms with van der Waals surface area (Å²) >= 11 is 3.54. The van der Waals surface area contributed by atoms with Crippen molar-refractivity contribution < 1.29 is 4.74 Å². The molecule has 1 aromatic rings. The highest BCUT2D eigenvalue weighted by molar-refractivity contribution is 9.10. The fourth-order valence-corrected chi connectivity index (χ4v) is 1.76. The second kappa shape index (κ2) is 5.64. The van der Waals surface area contributed by atoms with Crippen LogP contribution in [0.3, 0.4) is 0 Å². The molecule has 0 radical (unpaired) electrons. The Morgan fingerprint density at radius 2 is 1.87 bits per heavy atom. The highest BCUT2D eigenvalue weighted by Gasteiger charge is 2.09. The van der Waals surface area contributed by atoms with Gasteiger partial charge in [-0.3, -0.25) is 0 Å². The maximum absolute atomic E-state index is 6.03. The zero-order chi connectivity index (χ0) is 11.4. The Balaban J connectivity index is 2.86. The molecule has 3 heteroatoms. The first-order valence-corrected chi connectivity index (χ1v) is 5.95. The quantitative estimate of drug-likeness (QED) is 0.914. The van der Waals surface area contributed by atoms with E-state index in [0.717, 1.165) is 10.0 Å². The smallest absolute Gasteiger partial charge is 0.0659 e. The Kier molecular flexibility index (Phi) is 4.77. The van der Waals surface area contributed by atoms with Crippen LogP contribution in [-0.2, 0) is 4.74 Å². The van der Waals surface area contributed by atoms with Crippen molar-refractivity contribution in [3.63, 3.8) is 0 Å². The van der Waals surface area contributed by atoms with Crippen molar-refractivity contribution in [1.82, 2.24) is 0 Å². The molecule has 1 atom stereocenters. The van der Waals surface area contributed by atoms with Gasteiger partial charge < -0.3 is 10.5 Å². The summed E-state index contributed by atoms with van der Waals surface area (Å²) in [6, 6.07) is 4.19. The van der Waals surface area contributed by atoms with Crippen LogP contribution < -0.4 is 5.73 Å². The fourth-order valence-electron chi connectivity index (χ4n) is 1.53. The summed E-state index contributed by atoms with van der Waals surface area (Å²) in [5, 5.41) is 0. The largest absolute Gasteiger partial charge is 0.380 e. The number of benzene rings is 1. The number of halogens is 1. The molecule has 0 saturated carbocycles. The van der Waals surface area contributed by atoms with E-state index in [2.05, 4.69) is 41.9 Å². The number of hydrogen-bond acceptors (Lipinski definition) is 2. The fraction of sp³-hybridized carbons (Fsp3) is 0.500. The Morgan fingerprint density at radius 3 is 2.33 bits per heavy atom. The average Bonchev–Trinajstić information content (AvgIpc) is 2.21. The van der Waals surface area contributed by atoms with Crippen LogP contribution in [0.4, 0.5) is 0 Å². The van der Waals surface area contributed by atoms with Gasteiger partial charge in [0.05, 0.1) is 12.6 Å². The average molecular weight is 272 g/mol. The van der Waals surface area contributed by atoms with Crippen LogP contribution in [-0.4, -0.2) is 13.2 Å². The van der Waals surface area contributed by atoms with Crippen LogP contribution in [0.15, 0.2) is 16.6 Å². The van der Waals surface area contributed by atoms with E-state index in [1.807, 2.05) is 6.92 Å². The van der Waals surface area contributed by atoms with Gasteiger partial charge in [0.25, 0.3) is 0 Å². The predicted molar refractivity (Wildman–Crippen MR) is 67.0 cm³/mol. The number of hydrogen-bond donors (Lipinski definition) is 1. The number of ether oxygens (including phenoxy) is 1. The third kappa shape index (κ3) is 3.30. The number of nitrogens with two attached hydrogens (primary N) is 1. The third-order valence-corrected chi connectivity index (χ3v) is 3.64. The van der Waals surface area contributed by atoms with Gasteiger partial charge in [-0.25, -0.2) is 0 Å². The minimum Gasteiger partial charge on any atom is -0.380 e. The summed E-state index contributed by atoms with van der Waals surface area (Å²) < 4.78 is 6.48. The van der Waals surface area contributed by atoms with E-state index in [4.69, 9.17) is 10.5 Å². The Morgan fingerprint density at radius 1 is 1.33 bits per heavy atom. The van der Waals surface area contributed by atoms with Crippen molar-refractivity contribution in [3.8, 4) is 0 Å². The zero-order valence-electron chi connectivity index (χ0n) is 9.51. The number of aryl methyl sites for hydroxylation is 2. The lowest BCUT2D eigenvalue weighted by molar-refractivity contribution is 0.133. The first-order chi connectivity index (χ1) is 7.06. The van der Waals surface area contributed by atoms with Crippen LogP contribution in [0, 0.1) is 13.8 Å². The lowest BCUT2D eigenvalue weighted by Gasteiger charge is -2.14. The molecule has 0 spiro atoms. The molecule has 0 aliphatic rings. The summed E-state index contributed by atoms with van der Waals surface area (Å²) in [7, 11) is 0. The molecule has 0 aliphatic heterocycles. The third-order valence-electron chi connectivity index (χ3n) is 2.39. The zero-order valence-corrected chi connectivity index (χ0v) is 11.1. The molecule has 0 saturated heterocycles. The Hall–Kier alpha value is -0.380. The summed E-state index contributed by atoms with van der Waals surface area (Å²) in [5.74, 6) is 0. The first-order valence-electron chi connectivity index (χ1n) is 5.16. The summed E-state index contributed by atoms with van der Waals surface area (Å²) in [6.45, 7) is 7.42. The van der Waals surface area contributed by atoms with Crippen LogP contribution in [0.1, 0.15) is 29.7 Å². The molecule has 84 valence electrons. The molecule has 1 rings (SSSR count). The Bertz CT molecular complexity index is 315. The molecule has 0 aromatic heterocycles. The lowest BCUT2D eigenvalue weighted by Crippen LogP contribution is -2.17. The van der Waals surface area contributed by atoms with Crippen molar-refractivity contribution in [2.45, 2.75) is 26.8 Å². The maximum Gasteiger partial charge on any atom is 0.0659 e. The molecule has 0 amide bonds. The van der Waals surface area contributed by atoms with E-state index < -0.39 is 0 Å². The van der Waals surface area contributed by atoms with Crippen molar-refractivity contribution in [2.75, 3.05) is 13.2 Å². The molecule has 15 heavy (non-hydrogen) atoms. The van der Waals surface area contributed by atoms with Crippen molar-refractivity contribution >= 4 is 15.9 Å². The standard InChI is InChI=1S/C12H18BrNO/c1-4-15-7-11(14)10-5-8(2)12(13)9(3)6-10/h5-6,11H,4,7,14H2,1-3H3. The van der Waals surface area contributed by atoms with Crippen LogP contribution in [0.25, 0.3) is 0 Å². The second-order valence-electron chi connectivity index (χ2n) is 3.73. The second-order valence-corrected chi connectivity index (χ2v) is 4.53. The minimum absolute atomic E-state index is 0.0320. The molecule has 2 nitrogen and oxygen atoms in total. The van der Waals surface area contributed by atoms with E-state index in [9.17, 15) is 0 Å². The first kappa shape index (κ1) is 12.7. The molecule has 0 bridgehead atoms. The topological polar surface area (TPSA) is 35.2 Å². The normalized spacial score (nSPS) is 12.9. The minimum atomic E-state index is -0.0320. The van der Waals surface area contributed by atoms with Gasteiger partial charge in [-0.05, 0) is 37.5 Å². The summed E-state index contributed by atoms with van der Waals surface area (Å²) in [6.07, 6.45) is 0. The molecule has 0 fully saturated rings. The predicted octanol–water partition coefficient (Wildman–Crippen LogP) is 3.10. The van der Waals surface area contributed by atoms with Gasteiger partial charge in [0.1, 0.15) is 0 Å². The van der Waals surface area contributed by atoms with Crippen molar-refractivity contribution in [2.24, 2.45) is 5.73 Å². The molecule has 0 heterocycles. The SMILES string of the molecule is CCOCC(N)c1cc(C)c(Br)c(C)c1. The number of rotatable bonds is 4. The molecular weight excluding hydrogens is 254 g/mol. The van der Waals surface area contributed by atoms with E-state index >= 15 is 0 Å². The van der Waals surface area contributed by atoms with E-state index in [1.165, 1.54) is 11.1 Å². The highest BCUT2D eigenvalue weighted by Crippen LogP contribution is 2.24. The van der Waals surface area contributed by atoms with Gasteiger partial charge in [0.2, 0.25) is 0 Å². The molecule has 1 aromatic carbocycles. The van der Waals surface area contributed by atoms with Crippen LogP contribution in [0.2, 0.25) is 0 Å². The van der Waals surface area contributed by atoms with E-state index in [-0.39, 0.29) is 6.04 Å². The molecule has 2 N–H and O–H groups in total. The Labute approximate surface area is 99.9 Å². The van der Waals surface area contributed by atoms with E-state index in [0.29, 0.717) is 13.2 Å². The van der Waals surface area contributed by atoms with Gasteiger partial charge in [-0.15, -0.1) is 0 Å². The molecule has 0 aliphatic carbocycles. The van der Waals surface area contributed by atoms with Gasteiger partial charge in [-0.2, -0.15) is 0 Å². The van der Waals surface area contributed by atoms with Gasteiger partial charge in [-0.1, -0.05) is 28.1 Å². The molecule has 1 unspecified atom stereocenters. The van der Waals surface area contributed by atoms with Crippen LogP contribution >= 0.6 is 15.9 Å². The monoisotopic (exact) mass is 271 g/mol. The van der Waals surface area contributed by atoms with Gasteiger partial charge in [0.15, 0.2) is 0 Å². The highest BCUT2D eigenvalue weighted by atomic mass is 79.9. The summed E-state index contributed by atoms with van der Waals surface area (Å²) in [4.78, 5) is 0. The lowest BCUT2D eigenvalue weighted by atomic mass is 10.0.